The summed E-state index contributed by atoms with van der Waals surface area (Å²) in [5.41, 5.74) is 9.99. The molecule has 0 spiro atoms. The number of carbonyl (C=O) groups excluding carboxylic acids is 3. The van der Waals surface area contributed by atoms with E-state index in [2.05, 4.69) is 11.4 Å². The van der Waals surface area contributed by atoms with Crippen molar-refractivity contribution in [2.24, 2.45) is 0 Å². The molecule has 8 nitrogen and oxygen atoms in total. The number of fused-ring (bicyclic) bond motifs is 1. The van der Waals surface area contributed by atoms with Gasteiger partial charge in [-0.3, -0.25) is 4.79 Å². The zero-order valence-electron chi connectivity index (χ0n) is 21.1. The van der Waals surface area contributed by atoms with Crippen LogP contribution in [0, 0.1) is 6.07 Å². The first-order valence-electron chi connectivity index (χ1n) is 11.7. The first kappa shape index (κ1) is 32.1. The number of nitrogens with one attached hydrogen (secondary N) is 2. The maximum absolute atomic E-state index is 12.4. The standard InChI is InChI=1S/C15H14N2O2.C12H16NO3S2.Y/c16-15(19)11-8-9-17-12(11)6-7-13(17)14(18)10-4-2-1-3-5-10;1-15-7-9-17-18-10-8-16-12(14)13-11-5-3-2-4-6-11;/h1-7,11H,8-9H2,(H2,16,19);3-6H,7-10H2,1H3,(H,13,14);/q;-1;/p-1. The number of anilines is 1. The van der Waals surface area contributed by atoms with Gasteiger partial charge in [-0.2, -0.15) is 18.2 Å². The number of ketones is 1. The minimum absolute atomic E-state index is 0. The van der Waals surface area contributed by atoms with Gasteiger partial charge >= 0.3 is 6.09 Å². The average molecular weight is 629 g/mol. The van der Waals surface area contributed by atoms with Crippen molar-refractivity contribution in [3.8, 4) is 0 Å². The molecule has 38 heavy (non-hydrogen) atoms. The molecule has 2 aromatic carbocycles. The predicted octanol–water partition coefficient (Wildman–Crippen LogP) is 5.85. The molecule has 0 saturated carbocycles. The Hall–Kier alpha value is -2.11. The molecular formula is C27H29N3O5S2Y-2. The van der Waals surface area contributed by atoms with Gasteiger partial charge in [-0.1, -0.05) is 57.6 Å². The number of hydrogen-bond acceptors (Lipinski definition) is 7. The molecule has 2 amide bonds. The molecule has 1 radical (unpaired) electrons. The van der Waals surface area contributed by atoms with E-state index in [0.717, 1.165) is 23.8 Å². The zero-order valence-corrected chi connectivity index (χ0v) is 25.5. The van der Waals surface area contributed by atoms with Crippen LogP contribution < -0.4 is 5.32 Å². The third-order valence-electron chi connectivity index (χ3n) is 5.42. The summed E-state index contributed by atoms with van der Waals surface area (Å²) in [7, 11) is 5.06. The maximum atomic E-state index is 12.4. The van der Waals surface area contributed by atoms with Crippen LogP contribution in [0.3, 0.4) is 0 Å². The summed E-state index contributed by atoms with van der Waals surface area (Å²) in [6, 6.07) is 22.5. The van der Waals surface area contributed by atoms with Crippen LogP contribution in [0.25, 0.3) is 5.73 Å². The van der Waals surface area contributed by atoms with Crippen molar-refractivity contribution in [1.29, 1.82) is 0 Å². The minimum Gasteiger partial charge on any atom is -0.667 e. The van der Waals surface area contributed by atoms with Crippen LogP contribution in [0.2, 0.25) is 0 Å². The Morgan fingerprint density at radius 1 is 1.03 bits per heavy atom. The Morgan fingerprint density at radius 3 is 2.37 bits per heavy atom. The van der Waals surface area contributed by atoms with Crippen molar-refractivity contribution < 1.29 is 56.6 Å². The molecule has 0 fully saturated rings. The van der Waals surface area contributed by atoms with Gasteiger partial charge in [0.25, 0.3) is 0 Å². The summed E-state index contributed by atoms with van der Waals surface area (Å²) >= 11 is 0. The monoisotopic (exact) mass is 628 g/mol. The molecule has 4 rings (SSSR count). The van der Waals surface area contributed by atoms with Crippen molar-refractivity contribution in [1.82, 2.24) is 4.57 Å². The first-order chi connectivity index (χ1) is 18.0. The van der Waals surface area contributed by atoms with Gasteiger partial charge in [-0.15, -0.1) is 12.1 Å². The summed E-state index contributed by atoms with van der Waals surface area (Å²) in [6.07, 6.45) is 0.191. The van der Waals surface area contributed by atoms with E-state index >= 15 is 0 Å². The molecule has 1 aromatic heterocycles. The number of amides is 2. The molecule has 0 saturated heterocycles. The van der Waals surface area contributed by atoms with Gasteiger partial charge < -0.3 is 29.9 Å². The predicted molar refractivity (Wildman–Crippen MR) is 148 cm³/mol. The Labute approximate surface area is 256 Å². The Balaban J connectivity index is 0.000000261. The third-order valence-corrected chi connectivity index (χ3v) is 7.75. The van der Waals surface area contributed by atoms with E-state index in [-0.39, 0.29) is 44.4 Å². The molecule has 1 atom stereocenters. The van der Waals surface area contributed by atoms with E-state index in [9.17, 15) is 14.4 Å². The van der Waals surface area contributed by atoms with Crippen LogP contribution in [-0.4, -0.2) is 54.2 Å². The second-order valence-electron chi connectivity index (χ2n) is 7.88. The summed E-state index contributed by atoms with van der Waals surface area (Å²) in [4.78, 5) is 35.0. The number of methoxy groups -OCH3 is 1. The molecule has 1 unspecified atom stereocenters. The van der Waals surface area contributed by atoms with Gasteiger partial charge in [-0.25, -0.2) is 4.79 Å². The fraction of sp³-hybridized carbons (Fsp3) is 0.296. The summed E-state index contributed by atoms with van der Waals surface area (Å²) in [6.45, 7) is 1.77. The number of aromatic nitrogens is 1. The second-order valence-corrected chi connectivity index (χ2v) is 10.6. The van der Waals surface area contributed by atoms with Crippen LogP contribution in [-0.2, 0) is 53.5 Å². The number of nitrogens with zero attached hydrogens (tertiary/aromatic N) is 1. The van der Waals surface area contributed by atoms with E-state index in [4.69, 9.17) is 15.2 Å². The fourth-order valence-electron chi connectivity index (χ4n) is 3.67. The largest absolute Gasteiger partial charge is 0.667 e. The van der Waals surface area contributed by atoms with E-state index in [1.54, 1.807) is 77.2 Å². The Bertz CT molecular complexity index is 1160. The molecule has 11 heteroatoms. The molecule has 1 aliphatic rings. The quantitative estimate of drug-likeness (QED) is 0.123. The SMILES string of the molecule is COCCSSCCOC(=O)Nc1cc[c-]cc1.[NH-]C(=O)C1CCn2c(C(=O)c3ccccc3)ccc21.[Y]. The smallest absolute Gasteiger partial charge is 0.409 e. The van der Waals surface area contributed by atoms with Crippen molar-refractivity contribution in [2.45, 2.75) is 18.9 Å². The van der Waals surface area contributed by atoms with Gasteiger partial charge in [-0.05, 0) is 18.6 Å². The minimum atomic E-state index is -0.574. The average Bonchev–Trinajstić information content (AvgIpc) is 3.52. The second kappa shape index (κ2) is 17.5. The first-order valence-corrected chi connectivity index (χ1v) is 14.2. The van der Waals surface area contributed by atoms with Crippen LogP contribution in [0.4, 0.5) is 10.5 Å². The van der Waals surface area contributed by atoms with Gasteiger partial charge in [0.15, 0.2) is 0 Å². The van der Waals surface area contributed by atoms with E-state index in [1.807, 2.05) is 22.8 Å². The van der Waals surface area contributed by atoms with Crippen LogP contribution in [0.15, 0.2) is 66.7 Å². The summed E-state index contributed by atoms with van der Waals surface area (Å²) in [5, 5.41) is 2.64. The maximum Gasteiger partial charge on any atom is 0.409 e. The number of carbonyl (C=O) groups is 3. The number of hydrogen-bond donors (Lipinski definition) is 1. The van der Waals surface area contributed by atoms with Crippen LogP contribution in [0.1, 0.15) is 34.1 Å². The van der Waals surface area contributed by atoms with E-state index < -0.39 is 12.0 Å². The van der Waals surface area contributed by atoms with Crippen molar-refractivity contribution in [3.63, 3.8) is 0 Å². The topological polar surface area (TPSA) is 110 Å². The molecule has 3 aromatic rings. The van der Waals surface area contributed by atoms with E-state index in [0.29, 0.717) is 36.5 Å². The zero-order chi connectivity index (χ0) is 26.5. The number of benzene rings is 2. The van der Waals surface area contributed by atoms with E-state index in [1.165, 1.54) is 0 Å². The number of rotatable bonds is 11. The van der Waals surface area contributed by atoms with Crippen LogP contribution >= 0.6 is 21.6 Å². The normalized spacial score (nSPS) is 13.3. The van der Waals surface area contributed by atoms with Gasteiger partial charge in [0.05, 0.1) is 18.2 Å². The van der Waals surface area contributed by atoms with Gasteiger partial charge in [0.2, 0.25) is 5.78 Å². The van der Waals surface area contributed by atoms with Crippen molar-refractivity contribution >= 4 is 45.1 Å². The summed E-state index contributed by atoms with van der Waals surface area (Å²) < 4.78 is 11.8. The third kappa shape index (κ3) is 9.89. The molecule has 0 aliphatic carbocycles. The molecule has 0 bridgehead atoms. The Morgan fingerprint density at radius 2 is 1.71 bits per heavy atom. The van der Waals surface area contributed by atoms with Gasteiger partial charge in [0.1, 0.15) is 6.61 Å². The molecule has 2 heterocycles. The molecule has 1 aliphatic heterocycles. The van der Waals surface area contributed by atoms with Crippen molar-refractivity contribution in [2.75, 3.05) is 37.1 Å². The Kier molecular flexibility index (Phi) is 14.8. The van der Waals surface area contributed by atoms with Gasteiger partial charge in [0, 0.05) is 75.0 Å². The van der Waals surface area contributed by atoms with Crippen molar-refractivity contribution in [3.05, 3.63) is 95.5 Å². The fourth-order valence-corrected chi connectivity index (χ4v) is 5.41. The molecular weight excluding hydrogens is 599 g/mol. The summed E-state index contributed by atoms with van der Waals surface area (Å²) in [5.74, 6) is 0.718. The van der Waals surface area contributed by atoms with Crippen LogP contribution in [0.5, 0.6) is 0 Å². The molecule has 199 valence electrons. The number of ether oxygens (including phenoxy) is 2. The molecule has 2 N–H and O–H groups in total.